The Morgan fingerprint density at radius 2 is 2.14 bits per heavy atom. The molecule has 2 rings (SSSR count). The highest BCUT2D eigenvalue weighted by atomic mass is 79.9. The van der Waals surface area contributed by atoms with E-state index in [0.717, 1.165) is 18.4 Å². The van der Waals surface area contributed by atoms with Gasteiger partial charge in [-0.2, -0.15) is 4.31 Å². The number of nitrogens with zero attached hydrogens (tertiary/aromatic N) is 1. The lowest BCUT2D eigenvalue weighted by atomic mass is 10.1. The lowest BCUT2D eigenvalue weighted by Crippen LogP contribution is -2.33. The van der Waals surface area contributed by atoms with Crippen molar-refractivity contribution < 1.29 is 13.5 Å². The molecular formula is C15H18BrNO3S. The van der Waals surface area contributed by atoms with E-state index in [1.165, 1.54) is 10.4 Å². The highest BCUT2D eigenvalue weighted by Gasteiger charge is 2.32. The lowest BCUT2D eigenvalue weighted by molar-refractivity contribution is 0.281. The molecule has 0 aromatic heterocycles. The van der Waals surface area contributed by atoms with Crippen LogP contribution in [0.2, 0.25) is 0 Å². The third-order valence-corrected chi connectivity index (χ3v) is 6.66. The second-order valence-electron chi connectivity index (χ2n) is 5.33. The minimum atomic E-state index is -3.67. The zero-order chi connectivity index (χ0) is 15.6. The number of aliphatic hydroxyl groups excluding tert-OH is 1. The van der Waals surface area contributed by atoms with E-state index in [1.807, 2.05) is 0 Å². The van der Waals surface area contributed by atoms with Gasteiger partial charge in [-0.25, -0.2) is 8.42 Å². The third-order valence-electron chi connectivity index (χ3n) is 3.51. The molecule has 1 fully saturated rings. The quantitative estimate of drug-likeness (QED) is 0.780. The van der Waals surface area contributed by atoms with E-state index in [4.69, 9.17) is 6.42 Å². The molecule has 0 radical (unpaired) electrons. The molecule has 0 heterocycles. The predicted octanol–water partition coefficient (Wildman–Crippen LogP) is 2.28. The number of sulfonamides is 1. The van der Waals surface area contributed by atoms with Crippen LogP contribution >= 0.6 is 15.9 Å². The Hall–Kier alpha value is -0.870. The van der Waals surface area contributed by atoms with Crippen LogP contribution in [0.25, 0.3) is 0 Å². The summed E-state index contributed by atoms with van der Waals surface area (Å²) in [5.41, 5.74) is 1.34. The molecule has 0 bridgehead atoms. The maximum absolute atomic E-state index is 12.8. The SMILES string of the molecule is C#CCN(CC1CC1)S(=O)(=O)c1cc(CO)cc(C)c1Br. The van der Waals surface area contributed by atoms with Crippen LogP contribution in [0.3, 0.4) is 0 Å². The molecule has 1 aromatic carbocycles. The second-order valence-corrected chi connectivity index (χ2v) is 8.03. The summed E-state index contributed by atoms with van der Waals surface area (Å²) in [6, 6.07) is 3.26. The number of aryl methyl sites for hydroxylation is 1. The Labute approximate surface area is 134 Å². The Balaban J connectivity index is 2.45. The molecule has 0 atom stereocenters. The summed E-state index contributed by atoms with van der Waals surface area (Å²) >= 11 is 3.34. The molecule has 21 heavy (non-hydrogen) atoms. The van der Waals surface area contributed by atoms with Crippen LogP contribution in [0.4, 0.5) is 0 Å². The van der Waals surface area contributed by atoms with E-state index in [9.17, 15) is 13.5 Å². The highest BCUT2D eigenvalue weighted by molar-refractivity contribution is 9.10. The Kier molecular flexibility index (Phi) is 5.10. The van der Waals surface area contributed by atoms with E-state index < -0.39 is 10.0 Å². The van der Waals surface area contributed by atoms with Gasteiger partial charge in [-0.15, -0.1) is 6.42 Å². The van der Waals surface area contributed by atoms with Gasteiger partial charge in [0.05, 0.1) is 18.0 Å². The summed E-state index contributed by atoms with van der Waals surface area (Å²) in [6.07, 6.45) is 7.41. The molecule has 1 N–H and O–H groups in total. The van der Waals surface area contributed by atoms with E-state index in [0.29, 0.717) is 22.5 Å². The Bertz CT molecular complexity index is 675. The van der Waals surface area contributed by atoms with Gasteiger partial charge in [-0.1, -0.05) is 12.0 Å². The fourth-order valence-corrected chi connectivity index (χ4v) is 4.63. The summed E-state index contributed by atoms with van der Waals surface area (Å²) in [6.45, 7) is 2.12. The first-order valence-electron chi connectivity index (χ1n) is 6.73. The van der Waals surface area contributed by atoms with E-state index in [1.54, 1.807) is 13.0 Å². The zero-order valence-corrected chi connectivity index (χ0v) is 14.2. The molecule has 1 aliphatic carbocycles. The molecular weight excluding hydrogens is 354 g/mol. The summed E-state index contributed by atoms with van der Waals surface area (Å²) in [5.74, 6) is 2.83. The van der Waals surface area contributed by atoms with Gasteiger partial charge in [0, 0.05) is 11.0 Å². The van der Waals surface area contributed by atoms with Gasteiger partial charge in [0.1, 0.15) is 0 Å². The highest BCUT2D eigenvalue weighted by Crippen LogP contribution is 2.34. The maximum atomic E-state index is 12.8. The molecule has 0 amide bonds. The van der Waals surface area contributed by atoms with E-state index in [2.05, 4.69) is 21.9 Å². The van der Waals surface area contributed by atoms with Crippen molar-refractivity contribution in [3.8, 4) is 12.3 Å². The van der Waals surface area contributed by atoms with Crippen molar-refractivity contribution in [1.29, 1.82) is 0 Å². The smallest absolute Gasteiger partial charge is 0.245 e. The summed E-state index contributed by atoms with van der Waals surface area (Å²) < 4.78 is 27.6. The molecule has 0 spiro atoms. The lowest BCUT2D eigenvalue weighted by Gasteiger charge is -2.21. The van der Waals surface area contributed by atoms with Crippen molar-refractivity contribution in [3.05, 3.63) is 27.7 Å². The molecule has 6 heteroatoms. The van der Waals surface area contributed by atoms with Gasteiger partial charge in [0.2, 0.25) is 10.0 Å². The average Bonchev–Trinajstić information content (AvgIpc) is 3.25. The molecule has 0 saturated heterocycles. The minimum Gasteiger partial charge on any atom is -0.392 e. The van der Waals surface area contributed by atoms with Gasteiger partial charge in [-0.05, 0) is 58.8 Å². The van der Waals surface area contributed by atoms with Gasteiger partial charge in [0.25, 0.3) is 0 Å². The molecule has 0 aliphatic heterocycles. The molecule has 1 aromatic rings. The molecule has 0 unspecified atom stereocenters. The molecule has 114 valence electrons. The second kappa shape index (κ2) is 6.49. The largest absolute Gasteiger partial charge is 0.392 e. The first kappa shape index (κ1) is 16.5. The standard InChI is InChI=1S/C15H18BrNO3S/c1-3-6-17(9-12-4-5-12)21(19,20)14-8-13(10-18)7-11(2)15(14)16/h1,7-8,12,18H,4-6,9-10H2,2H3. The van der Waals surface area contributed by atoms with Gasteiger partial charge >= 0.3 is 0 Å². The van der Waals surface area contributed by atoms with Crippen molar-refractivity contribution in [2.45, 2.75) is 31.3 Å². The number of aliphatic hydroxyl groups is 1. The van der Waals surface area contributed by atoms with Gasteiger partial charge < -0.3 is 5.11 Å². The topological polar surface area (TPSA) is 57.6 Å². The third kappa shape index (κ3) is 3.67. The number of terminal acetylenes is 1. The van der Waals surface area contributed by atoms with E-state index in [-0.39, 0.29) is 18.0 Å². The van der Waals surface area contributed by atoms with Crippen molar-refractivity contribution >= 4 is 26.0 Å². The molecule has 1 aliphatic rings. The van der Waals surface area contributed by atoms with Crippen LogP contribution in [0.15, 0.2) is 21.5 Å². The summed E-state index contributed by atoms with van der Waals surface area (Å²) in [4.78, 5) is 0.169. The molecule has 1 saturated carbocycles. The van der Waals surface area contributed by atoms with Crippen LogP contribution in [0.1, 0.15) is 24.0 Å². The number of halogens is 1. The fourth-order valence-electron chi connectivity index (χ4n) is 2.17. The van der Waals surface area contributed by atoms with Crippen LogP contribution in [-0.4, -0.2) is 30.9 Å². The minimum absolute atomic E-state index is 0.0632. The first-order valence-corrected chi connectivity index (χ1v) is 8.97. The Morgan fingerprint density at radius 3 is 2.67 bits per heavy atom. The normalized spacial score (nSPS) is 15.2. The van der Waals surface area contributed by atoms with Gasteiger partial charge in [0.15, 0.2) is 0 Å². The van der Waals surface area contributed by atoms with Crippen LogP contribution in [0, 0.1) is 25.2 Å². The monoisotopic (exact) mass is 371 g/mol. The maximum Gasteiger partial charge on any atom is 0.245 e. The number of hydrogen-bond donors (Lipinski definition) is 1. The fraction of sp³-hybridized carbons (Fsp3) is 0.467. The van der Waals surface area contributed by atoms with Crippen molar-refractivity contribution in [2.75, 3.05) is 13.1 Å². The first-order chi connectivity index (χ1) is 9.90. The van der Waals surface area contributed by atoms with Crippen LogP contribution < -0.4 is 0 Å². The Morgan fingerprint density at radius 1 is 1.48 bits per heavy atom. The van der Waals surface area contributed by atoms with Crippen molar-refractivity contribution in [3.63, 3.8) is 0 Å². The summed E-state index contributed by atoms with van der Waals surface area (Å²) in [7, 11) is -3.67. The predicted molar refractivity (Wildman–Crippen MR) is 85.1 cm³/mol. The van der Waals surface area contributed by atoms with Crippen LogP contribution in [-0.2, 0) is 16.6 Å². The van der Waals surface area contributed by atoms with Gasteiger partial charge in [-0.3, -0.25) is 0 Å². The number of hydrogen-bond acceptors (Lipinski definition) is 3. The summed E-state index contributed by atoms with van der Waals surface area (Å²) in [5, 5.41) is 9.28. The van der Waals surface area contributed by atoms with E-state index >= 15 is 0 Å². The van der Waals surface area contributed by atoms with Crippen molar-refractivity contribution in [2.24, 2.45) is 5.92 Å². The average molecular weight is 372 g/mol. The molecule has 4 nitrogen and oxygen atoms in total. The van der Waals surface area contributed by atoms with Crippen molar-refractivity contribution in [1.82, 2.24) is 4.31 Å². The number of rotatable bonds is 6. The van der Waals surface area contributed by atoms with Crippen LogP contribution in [0.5, 0.6) is 0 Å². The number of benzene rings is 1. The zero-order valence-electron chi connectivity index (χ0n) is 11.8.